The number of benzene rings is 1. The molecule has 0 spiro atoms. The van der Waals surface area contributed by atoms with E-state index in [2.05, 4.69) is 11.3 Å². The van der Waals surface area contributed by atoms with E-state index in [1.165, 1.54) is 19.2 Å². The zero-order valence-corrected chi connectivity index (χ0v) is 10.8. The Morgan fingerprint density at radius 3 is 2.68 bits per heavy atom. The minimum atomic E-state index is -1.32. The first kappa shape index (κ1) is 14.8. The number of ether oxygens (including phenoxy) is 1. The van der Waals surface area contributed by atoms with Crippen LogP contribution in [0.4, 0.5) is 5.69 Å². The van der Waals surface area contributed by atoms with Crippen LogP contribution < -0.4 is 0 Å². The minimum absolute atomic E-state index is 0.0864. The van der Waals surface area contributed by atoms with Gasteiger partial charge < -0.3 is 9.84 Å². The average molecular weight is 265 g/mol. The van der Waals surface area contributed by atoms with Gasteiger partial charge in [0.15, 0.2) is 0 Å². The van der Waals surface area contributed by atoms with Gasteiger partial charge in [-0.15, -0.1) is 0 Å². The number of aryl methyl sites for hydroxylation is 1. The summed E-state index contributed by atoms with van der Waals surface area (Å²) in [5.74, 6) is -0.755. The molecule has 1 rings (SSSR count). The molecule has 0 aliphatic rings. The van der Waals surface area contributed by atoms with Crippen molar-refractivity contribution in [1.29, 1.82) is 0 Å². The van der Waals surface area contributed by atoms with Crippen LogP contribution in [0.2, 0.25) is 0 Å². The van der Waals surface area contributed by atoms with Crippen LogP contribution in [-0.2, 0) is 16.0 Å². The van der Waals surface area contributed by atoms with Gasteiger partial charge in [0.2, 0.25) is 0 Å². The van der Waals surface area contributed by atoms with Crippen LogP contribution in [-0.4, -0.2) is 23.1 Å². The van der Waals surface area contributed by atoms with E-state index in [1.54, 1.807) is 13.0 Å². The summed E-state index contributed by atoms with van der Waals surface area (Å²) in [6.45, 7) is 5.22. The fourth-order valence-corrected chi connectivity index (χ4v) is 1.66. The van der Waals surface area contributed by atoms with Gasteiger partial charge >= 0.3 is 5.97 Å². The van der Waals surface area contributed by atoms with Crippen molar-refractivity contribution in [2.24, 2.45) is 0 Å². The Kier molecular flexibility index (Phi) is 4.77. The van der Waals surface area contributed by atoms with Gasteiger partial charge in [0.05, 0.1) is 17.6 Å². The number of carbonyl (C=O) groups excluding carboxylic acids is 1. The van der Waals surface area contributed by atoms with E-state index in [9.17, 15) is 20.0 Å². The maximum atomic E-state index is 11.3. The number of nitro groups is 1. The summed E-state index contributed by atoms with van der Waals surface area (Å²) in [7, 11) is 1.17. The van der Waals surface area contributed by atoms with E-state index < -0.39 is 17.0 Å². The Morgan fingerprint density at radius 2 is 2.21 bits per heavy atom. The van der Waals surface area contributed by atoms with Crippen LogP contribution in [0.3, 0.4) is 0 Å². The second-order valence-electron chi connectivity index (χ2n) is 3.92. The standard InChI is InChI=1S/C13H15NO5/c1-4-9-5-6-10(7-11(9)14(17)18)12(15)8(2)13(16)19-3/h5-7,12,15H,2,4H2,1,3H3. The lowest BCUT2D eigenvalue weighted by Crippen LogP contribution is -2.12. The Bertz CT molecular complexity index is 524. The molecule has 1 N–H and O–H groups in total. The third kappa shape index (κ3) is 3.17. The highest BCUT2D eigenvalue weighted by molar-refractivity contribution is 5.89. The van der Waals surface area contributed by atoms with E-state index >= 15 is 0 Å². The van der Waals surface area contributed by atoms with Gasteiger partial charge in [-0.05, 0) is 12.0 Å². The van der Waals surface area contributed by atoms with Crippen LogP contribution in [0.15, 0.2) is 30.4 Å². The summed E-state index contributed by atoms with van der Waals surface area (Å²) in [5, 5.41) is 20.9. The number of aliphatic hydroxyl groups is 1. The normalized spacial score (nSPS) is 11.7. The molecule has 1 aromatic carbocycles. The SMILES string of the molecule is C=C(C(=O)OC)C(O)c1ccc(CC)c([N+](=O)[O-])c1. The predicted molar refractivity (Wildman–Crippen MR) is 68.6 cm³/mol. The van der Waals surface area contributed by atoms with Crippen molar-refractivity contribution in [2.75, 3.05) is 7.11 Å². The Labute approximate surface area is 110 Å². The topological polar surface area (TPSA) is 89.7 Å². The number of esters is 1. The molecular weight excluding hydrogens is 250 g/mol. The number of nitro benzene ring substituents is 1. The molecule has 6 nitrogen and oxygen atoms in total. The van der Waals surface area contributed by atoms with Crippen LogP contribution in [0.25, 0.3) is 0 Å². The van der Waals surface area contributed by atoms with Gasteiger partial charge in [-0.3, -0.25) is 10.1 Å². The molecule has 1 aromatic rings. The van der Waals surface area contributed by atoms with Crippen molar-refractivity contribution in [3.8, 4) is 0 Å². The lowest BCUT2D eigenvalue weighted by Gasteiger charge is -2.13. The van der Waals surface area contributed by atoms with Gasteiger partial charge in [-0.25, -0.2) is 4.79 Å². The highest BCUT2D eigenvalue weighted by Gasteiger charge is 2.22. The molecule has 19 heavy (non-hydrogen) atoms. The van der Waals surface area contributed by atoms with Crippen LogP contribution in [0.5, 0.6) is 0 Å². The maximum Gasteiger partial charge on any atom is 0.336 e. The molecule has 0 radical (unpaired) electrons. The summed E-state index contributed by atoms with van der Waals surface area (Å²) < 4.78 is 4.44. The largest absolute Gasteiger partial charge is 0.466 e. The summed E-state index contributed by atoms with van der Waals surface area (Å²) in [6.07, 6.45) is -0.818. The van der Waals surface area contributed by atoms with Crippen LogP contribution in [0.1, 0.15) is 24.2 Å². The number of methoxy groups -OCH3 is 1. The Balaban J connectivity index is 3.15. The smallest absolute Gasteiger partial charge is 0.336 e. The minimum Gasteiger partial charge on any atom is -0.466 e. The molecule has 0 aliphatic heterocycles. The lowest BCUT2D eigenvalue weighted by atomic mass is 9.99. The van der Waals surface area contributed by atoms with Crippen molar-refractivity contribution in [3.63, 3.8) is 0 Å². The summed E-state index contributed by atoms with van der Waals surface area (Å²) in [4.78, 5) is 21.7. The van der Waals surface area contributed by atoms with E-state index in [0.29, 0.717) is 12.0 Å². The molecule has 0 amide bonds. The van der Waals surface area contributed by atoms with Gasteiger partial charge in [0.25, 0.3) is 5.69 Å². The molecule has 0 fully saturated rings. The van der Waals surface area contributed by atoms with Crippen molar-refractivity contribution >= 4 is 11.7 Å². The predicted octanol–water partition coefficient (Wildman–Crippen LogP) is 1.92. The Morgan fingerprint density at radius 1 is 1.58 bits per heavy atom. The zero-order valence-electron chi connectivity index (χ0n) is 10.8. The first-order valence-electron chi connectivity index (χ1n) is 5.64. The molecule has 102 valence electrons. The maximum absolute atomic E-state index is 11.3. The number of hydrogen-bond acceptors (Lipinski definition) is 5. The molecule has 0 saturated heterocycles. The van der Waals surface area contributed by atoms with E-state index in [4.69, 9.17) is 0 Å². The van der Waals surface area contributed by atoms with E-state index in [-0.39, 0.29) is 16.8 Å². The molecular formula is C13H15NO5. The second-order valence-corrected chi connectivity index (χ2v) is 3.92. The monoisotopic (exact) mass is 265 g/mol. The fourth-order valence-electron chi connectivity index (χ4n) is 1.66. The molecule has 0 aromatic heterocycles. The molecule has 0 bridgehead atoms. The second kappa shape index (κ2) is 6.10. The molecule has 0 aliphatic carbocycles. The lowest BCUT2D eigenvalue weighted by molar-refractivity contribution is -0.385. The van der Waals surface area contributed by atoms with Crippen molar-refractivity contribution in [2.45, 2.75) is 19.4 Å². The number of nitrogens with zero attached hydrogens (tertiary/aromatic N) is 1. The van der Waals surface area contributed by atoms with Crippen LogP contribution in [0, 0.1) is 10.1 Å². The summed E-state index contributed by atoms with van der Waals surface area (Å²) in [5.41, 5.74) is 0.543. The molecule has 1 unspecified atom stereocenters. The Hall–Kier alpha value is -2.21. The highest BCUT2D eigenvalue weighted by atomic mass is 16.6. The third-order valence-electron chi connectivity index (χ3n) is 2.78. The van der Waals surface area contributed by atoms with Gasteiger partial charge in [0.1, 0.15) is 6.10 Å². The van der Waals surface area contributed by atoms with Gasteiger partial charge in [-0.2, -0.15) is 0 Å². The quantitative estimate of drug-likeness (QED) is 0.380. The molecule has 6 heteroatoms. The van der Waals surface area contributed by atoms with Crippen molar-refractivity contribution in [1.82, 2.24) is 0 Å². The highest BCUT2D eigenvalue weighted by Crippen LogP contribution is 2.27. The van der Waals surface area contributed by atoms with Gasteiger partial charge in [-0.1, -0.05) is 25.6 Å². The molecule has 1 atom stereocenters. The number of carbonyl (C=O) groups is 1. The molecule has 0 heterocycles. The zero-order chi connectivity index (χ0) is 14.6. The van der Waals surface area contributed by atoms with Crippen LogP contribution >= 0.6 is 0 Å². The first-order chi connectivity index (χ1) is 8.92. The summed E-state index contributed by atoms with van der Waals surface area (Å²) in [6, 6.07) is 4.34. The fraction of sp³-hybridized carbons (Fsp3) is 0.308. The number of rotatable bonds is 5. The number of aliphatic hydroxyl groups excluding tert-OH is 1. The average Bonchev–Trinajstić information content (AvgIpc) is 2.43. The number of hydrogen-bond donors (Lipinski definition) is 1. The van der Waals surface area contributed by atoms with Crippen molar-refractivity contribution < 1.29 is 19.6 Å². The first-order valence-corrected chi connectivity index (χ1v) is 5.64. The van der Waals surface area contributed by atoms with Crippen molar-refractivity contribution in [3.05, 3.63) is 51.6 Å². The van der Waals surface area contributed by atoms with E-state index in [1.807, 2.05) is 0 Å². The van der Waals surface area contributed by atoms with Gasteiger partial charge in [0, 0.05) is 11.6 Å². The van der Waals surface area contributed by atoms with E-state index in [0.717, 1.165) is 0 Å². The third-order valence-corrected chi connectivity index (χ3v) is 2.78. The molecule has 0 saturated carbocycles. The summed E-state index contributed by atoms with van der Waals surface area (Å²) >= 11 is 0.